The fourth-order valence-corrected chi connectivity index (χ4v) is 4.64. The number of rotatable bonds is 10. The summed E-state index contributed by atoms with van der Waals surface area (Å²) in [4.78, 5) is 22.3. The van der Waals surface area contributed by atoms with Crippen LogP contribution in [0.1, 0.15) is 33.7 Å². The van der Waals surface area contributed by atoms with Crippen molar-refractivity contribution >= 4 is 17.2 Å². The number of nitrogens with zero attached hydrogens (tertiary/aromatic N) is 3. The van der Waals surface area contributed by atoms with Crippen LogP contribution in [0.15, 0.2) is 54.0 Å². The van der Waals surface area contributed by atoms with Gasteiger partial charge in [-0.15, -0.1) is 11.3 Å². The smallest absolute Gasteiger partial charge is 0.253 e. The summed E-state index contributed by atoms with van der Waals surface area (Å²) < 4.78 is 12.5. The molecule has 0 bridgehead atoms. The highest BCUT2D eigenvalue weighted by Crippen LogP contribution is 2.32. The van der Waals surface area contributed by atoms with E-state index >= 15 is 0 Å². The molecule has 0 saturated heterocycles. The van der Waals surface area contributed by atoms with Gasteiger partial charge >= 0.3 is 0 Å². The van der Waals surface area contributed by atoms with Crippen molar-refractivity contribution in [2.45, 2.75) is 26.8 Å². The molecule has 0 unspecified atom stereocenters. The third-order valence-corrected chi connectivity index (χ3v) is 6.74. The Bertz CT molecular complexity index is 1280. The SMILES string of the molecule is COCCCNC(=O)c1cc(-c2csc(-c3ccc(C)nc3)n2)n(Cc2ccc(OC)cc2)c1C. The van der Waals surface area contributed by atoms with Gasteiger partial charge in [0.15, 0.2) is 0 Å². The van der Waals surface area contributed by atoms with Crippen LogP contribution >= 0.6 is 11.3 Å². The van der Waals surface area contributed by atoms with E-state index in [-0.39, 0.29) is 5.91 Å². The maximum atomic E-state index is 13.0. The number of aromatic nitrogens is 3. The zero-order valence-corrected chi connectivity index (χ0v) is 21.3. The molecule has 4 aromatic rings. The van der Waals surface area contributed by atoms with E-state index in [1.807, 2.05) is 67.9 Å². The molecule has 0 radical (unpaired) electrons. The van der Waals surface area contributed by atoms with Crippen molar-refractivity contribution in [3.05, 3.63) is 76.6 Å². The van der Waals surface area contributed by atoms with Crippen LogP contribution in [-0.2, 0) is 11.3 Å². The highest BCUT2D eigenvalue weighted by atomic mass is 32.1. The van der Waals surface area contributed by atoms with Gasteiger partial charge in [0.2, 0.25) is 0 Å². The number of pyridine rings is 1. The molecule has 0 aliphatic rings. The molecular formula is C27H30N4O3S. The third-order valence-electron chi connectivity index (χ3n) is 5.85. The molecule has 0 spiro atoms. The van der Waals surface area contributed by atoms with Crippen LogP contribution in [0.5, 0.6) is 5.75 Å². The van der Waals surface area contributed by atoms with Gasteiger partial charge in [0.25, 0.3) is 5.91 Å². The lowest BCUT2D eigenvalue weighted by Crippen LogP contribution is -2.25. The van der Waals surface area contributed by atoms with E-state index < -0.39 is 0 Å². The second-order valence-electron chi connectivity index (χ2n) is 8.29. The van der Waals surface area contributed by atoms with Crippen molar-refractivity contribution in [1.82, 2.24) is 19.9 Å². The molecule has 182 valence electrons. The van der Waals surface area contributed by atoms with Crippen molar-refractivity contribution in [3.63, 3.8) is 0 Å². The predicted molar refractivity (Wildman–Crippen MR) is 139 cm³/mol. The molecule has 8 heteroatoms. The second kappa shape index (κ2) is 11.3. The van der Waals surface area contributed by atoms with Crippen LogP contribution in [-0.4, -0.2) is 47.8 Å². The summed E-state index contributed by atoms with van der Waals surface area (Å²) in [6, 6.07) is 13.9. The highest BCUT2D eigenvalue weighted by Gasteiger charge is 2.20. The minimum atomic E-state index is -0.0912. The van der Waals surface area contributed by atoms with Gasteiger partial charge in [-0.3, -0.25) is 9.78 Å². The summed E-state index contributed by atoms with van der Waals surface area (Å²) >= 11 is 1.57. The van der Waals surface area contributed by atoms with Crippen LogP contribution in [0.25, 0.3) is 22.0 Å². The molecule has 1 N–H and O–H groups in total. The van der Waals surface area contributed by atoms with E-state index in [0.29, 0.717) is 25.3 Å². The number of aryl methyl sites for hydroxylation is 1. The normalized spacial score (nSPS) is 11.0. The molecule has 0 saturated carbocycles. The van der Waals surface area contributed by atoms with Crippen molar-refractivity contribution in [1.29, 1.82) is 0 Å². The number of carbonyl (C=O) groups excluding carboxylic acids is 1. The average Bonchev–Trinajstić information content (AvgIpc) is 3.48. The molecule has 1 aromatic carbocycles. The molecule has 35 heavy (non-hydrogen) atoms. The van der Waals surface area contributed by atoms with Gasteiger partial charge in [0.05, 0.1) is 24.1 Å². The summed E-state index contributed by atoms with van der Waals surface area (Å²) in [7, 11) is 3.32. The van der Waals surface area contributed by atoms with Crippen molar-refractivity contribution in [2.75, 3.05) is 27.4 Å². The number of carbonyl (C=O) groups is 1. The van der Waals surface area contributed by atoms with E-state index in [1.165, 1.54) is 0 Å². The van der Waals surface area contributed by atoms with Crippen molar-refractivity contribution < 1.29 is 14.3 Å². The lowest BCUT2D eigenvalue weighted by atomic mass is 10.2. The summed E-state index contributed by atoms with van der Waals surface area (Å²) in [6.07, 6.45) is 2.61. The summed E-state index contributed by atoms with van der Waals surface area (Å²) in [5, 5.41) is 5.94. The standard InChI is InChI=1S/C27H30N4O3S/c1-18-6-9-21(15-29-18)27-30-24(17-35-27)25-14-23(26(32)28-12-5-13-33-3)19(2)31(25)16-20-7-10-22(34-4)11-8-20/h6-11,14-15,17H,5,12-13,16H2,1-4H3,(H,28,32). The third kappa shape index (κ3) is 5.78. The molecule has 1 amide bonds. The van der Waals surface area contributed by atoms with E-state index in [2.05, 4.69) is 14.9 Å². The first-order chi connectivity index (χ1) is 17.0. The lowest BCUT2D eigenvalue weighted by Gasteiger charge is -2.12. The molecule has 0 atom stereocenters. The number of hydrogen-bond acceptors (Lipinski definition) is 6. The Balaban J connectivity index is 1.68. The van der Waals surface area contributed by atoms with Gasteiger partial charge in [-0.25, -0.2) is 4.98 Å². The van der Waals surface area contributed by atoms with E-state index in [1.54, 1.807) is 25.6 Å². The first-order valence-corrected chi connectivity index (χ1v) is 12.4. The zero-order chi connectivity index (χ0) is 24.8. The summed E-state index contributed by atoms with van der Waals surface area (Å²) in [6.45, 7) is 5.73. The predicted octanol–water partition coefficient (Wildman–Crippen LogP) is 5.11. The van der Waals surface area contributed by atoms with Crippen LogP contribution < -0.4 is 10.1 Å². The largest absolute Gasteiger partial charge is 0.497 e. The Morgan fingerprint density at radius 3 is 2.60 bits per heavy atom. The first kappa shape index (κ1) is 24.6. The molecule has 3 heterocycles. The summed E-state index contributed by atoms with van der Waals surface area (Å²) in [5.74, 6) is 0.719. The van der Waals surface area contributed by atoms with Crippen molar-refractivity contribution in [3.8, 4) is 27.7 Å². The number of thiazole rings is 1. The maximum absolute atomic E-state index is 13.0. The average molecular weight is 491 g/mol. The Kier molecular flexibility index (Phi) is 7.94. The Hall–Kier alpha value is -3.49. The van der Waals surface area contributed by atoms with Crippen molar-refractivity contribution in [2.24, 2.45) is 0 Å². The lowest BCUT2D eigenvalue weighted by molar-refractivity contribution is 0.0948. The topological polar surface area (TPSA) is 78.3 Å². The Morgan fingerprint density at radius 1 is 1.11 bits per heavy atom. The van der Waals surface area contributed by atoms with Gasteiger partial charge in [0, 0.05) is 55.3 Å². The number of nitrogens with one attached hydrogen (secondary N) is 1. The van der Waals surface area contributed by atoms with Crippen LogP contribution in [0.4, 0.5) is 0 Å². The number of methoxy groups -OCH3 is 2. The Labute approximate surface area is 209 Å². The van der Waals surface area contributed by atoms with Gasteiger partial charge in [-0.1, -0.05) is 12.1 Å². The molecular weight excluding hydrogens is 460 g/mol. The van der Waals surface area contributed by atoms with E-state index in [4.69, 9.17) is 14.5 Å². The number of benzene rings is 1. The van der Waals surface area contributed by atoms with Crippen LogP contribution in [0.3, 0.4) is 0 Å². The minimum absolute atomic E-state index is 0.0912. The van der Waals surface area contributed by atoms with Crippen LogP contribution in [0.2, 0.25) is 0 Å². The zero-order valence-electron chi connectivity index (χ0n) is 20.5. The molecule has 4 rings (SSSR count). The van der Waals surface area contributed by atoms with E-state index in [9.17, 15) is 4.79 Å². The molecule has 0 aliphatic heterocycles. The van der Waals surface area contributed by atoms with Gasteiger partial charge < -0.3 is 19.4 Å². The Morgan fingerprint density at radius 2 is 1.91 bits per heavy atom. The number of hydrogen-bond donors (Lipinski definition) is 1. The molecule has 0 fully saturated rings. The monoisotopic (exact) mass is 490 g/mol. The fourth-order valence-electron chi connectivity index (χ4n) is 3.84. The number of ether oxygens (including phenoxy) is 2. The quantitative estimate of drug-likeness (QED) is 0.313. The molecule has 3 aromatic heterocycles. The second-order valence-corrected chi connectivity index (χ2v) is 9.15. The van der Waals surface area contributed by atoms with Gasteiger partial charge in [-0.05, 0) is 56.2 Å². The van der Waals surface area contributed by atoms with Gasteiger partial charge in [-0.2, -0.15) is 0 Å². The highest BCUT2D eigenvalue weighted by molar-refractivity contribution is 7.13. The van der Waals surface area contributed by atoms with Crippen LogP contribution in [0, 0.1) is 13.8 Å². The molecule has 0 aliphatic carbocycles. The maximum Gasteiger partial charge on any atom is 0.253 e. The number of amides is 1. The summed E-state index contributed by atoms with van der Waals surface area (Å²) in [5.41, 5.74) is 6.34. The van der Waals surface area contributed by atoms with Gasteiger partial charge in [0.1, 0.15) is 10.8 Å². The molecule has 7 nitrogen and oxygen atoms in total. The fraction of sp³-hybridized carbons (Fsp3) is 0.296. The first-order valence-electron chi connectivity index (χ1n) is 11.5. The van der Waals surface area contributed by atoms with E-state index in [0.717, 1.165) is 51.1 Å². The minimum Gasteiger partial charge on any atom is -0.497 e.